The van der Waals surface area contributed by atoms with Gasteiger partial charge in [0.25, 0.3) is 15.9 Å². The van der Waals surface area contributed by atoms with Crippen molar-refractivity contribution in [3.63, 3.8) is 0 Å². The highest BCUT2D eigenvalue weighted by molar-refractivity contribution is 7.92. The van der Waals surface area contributed by atoms with Crippen LogP contribution in [0.1, 0.15) is 17.3 Å². The van der Waals surface area contributed by atoms with Gasteiger partial charge in [0.2, 0.25) is 0 Å². The zero-order valence-corrected chi connectivity index (χ0v) is 13.5. The number of Topliss-reactive ketones (excluding diaryl/α,β-unsaturated/α-hetero) is 1. The highest BCUT2D eigenvalue weighted by atomic mass is 32.2. The van der Waals surface area contributed by atoms with Gasteiger partial charge in [0.15, 0.2) is 12.4 Å². The summed E-state index contributed by atoms with van der Waals surface area (Å²) in [5.74, 6) is -0.218. The molecule has 0 radical (unpaired) electrons. The number of ketones is 1. The molecule has 0 atom stereocenters. The number of rotatable bonds is 4. The minimum atomic E-state index is -3.93. The third-order valence-corrected chi connectivity index (χ3v) is 4.81. The third-order valence-electron chi connectivity index (χ3n) is 3.44. The number of fused-ring (bicyclic) bond motifs is 1. The van der Waals surface area contributed by atoms with Gasteiger partial charge in [-0.2, -0.15) is 0 Å². The van der Waals surface area contributed by atoms with E-state index >= 15 is 0 Å². The molecule has 0 spiro atoms. The van der Waals surface area contributed by atoms with Gasteiger partial charge >= 0.3 is 0 Å². The van der Waals surface area contributed by atoms with E-state index in [1.165, 1.54) is 31.2 Å². The summed E-state index contributed by atoms with van der Waals surface area (Å²) in [5.41, 5.74) is 0.749. The predicted octanol–water partition coefficient (Wildman–Crippen LogP) is 2.02. The molecular weight excluding hydrogens is 332 g/mol. The number of benzene rings is 2. The highest BCUT2D eigenvalue weighted by Gasteiger charge is 2.23. The molecule has 0 unspecified atom stereocenters. The van der Waals surface area contributed by atoms with Gasteiger partial charge < -0.3 is 10.1 Å². The van der Waals surface area contributed by atoms with Crippen LogP contribution < -0.4 is 14.8 Å². The Labute approximate surface area is 138 Å². The van der Waals surface area contributed by atoms with Crippen molar-refractivity contribution in [2.45, 2.75) is 11.8 Å². The number of anilines is 2. The lowest BCUT2D eigenvalue weighted by atomic mass is 10.2. The SMILES string of the molecule is CC(=O)c1cccc(S(=O)(=O)Nc2cccc3c2NC(=O)CO3)c1. The first-order chi connectivity index (χ1) is 11.4. The summed E-state index contributed by atoms with van der Waals surface area (Å²) in [4.78, 5) is 22.9. The molecule has 2 aromatic carbocycles. The summed E-state index contributed by atoms with van der Waals surface area (Å²) >= 11 is 0. The molecule has 0 saturated carbocycles. The number of hydrogen-bond acceptors (Lipinski definition) is 5. The van der Waals surface area contributed by atoms with Crippen LogP contribution in [0, 0.1) is 0 Å². The van der Waals surface area contributed by atoms with E-state index in [-0.39, 0.29) is 34.6 Å². The van der Waals surface area contributed by atoms with Crippen molar-refractivity contribution in [2.24, 2.45) is 0 Å². The molecule has 8 heteroatoms. The molecule has 1 heterocycles. The second-order valence-corrected chi connectivity index (χ2v) is 6.89. The lowest BCUT2D eigenvalue weighted by Crippen LogP contribution is -2.26. The molecule has 2 N–H and O–H groups in total. The van der Waals surface area contributed by atoms with Gasteiger partial charge in [0.05, 0.1) is 10.6 Å². The summed E-state index contributed by atoms with van der Waals surface area (Å²) < 4.78 is 32.8. The lowest BCUT2D eigenvalue weighted by Gasteiger charge is -2.21. The molecule has 1 amide bonds. The summed E-state index contributed by atoms with van der Waals surface area (Å²) in [6.07, 6.45) is 0. The quantitative estimate of drug-likeness (QED) is 0.825. The van der Waals surface area contributed by atoms with Crippen LogP contribution in [0.4, 0.5) is 11.4 Å². The van der Waals surface area contributed by atoms with E-state index in [9.17, 15) is 18.0 Å². The van der Waals surface area contributed by atoms with Gasteiger partial charge in [0.1, 0.15) is 11.4 Å². The number of carbonyl (C=O) groups excluding carboxylic acids is 2. The number of amides is 1. The van der Waals surface area contributed by atoms with Crippen LogP contribution in [0.5, 0.6) is 5.75 Å². The van der Waals surface area contributed by atoms with Crippen molar-refractivity contribution in [2.75, 3.05) is 16.6 Å². The van der Waals surface area contributed by atoms with E-state index in [1.54, 1.807) is 18.2 Å². The van der Waals surface area contributed by atoms with Crippen LogP contribution in [0.3, 0.4) is 0 Å². The number of para-hydroxylation sites is 1. The van der Waals surface area contributed by atoms with Crippen molar-refractivity contribution < 1.29 is 22.7 Å². The largest absolute Gasteiger partial charge is 0.481 e. The van der Waals surface area contributed by atoms with E-state index in [4.69, 9.17) is 4.74 Å². The second-order valence-electron chi connectivity index (χ2n) is 5.21. The maximum atomic E-state index is 12.6. The highest BCUT2D eigenvalue weighted by Crippen LogP contribution is 2.35. The Balaban J connectivity index is 1.98. The molecule has 0 fully saturated rings. The van der Waals surface area contributed by atoms with Gasteiger partial charge in [0, 0.05) is 5.56 Å². The first kappa shape index (κ1) is 16.0. The summed E-state index contributed by atoms with van der Waals surface area (Å²) in [7, 11) is -3.93. The zero-order valence-electron chi connectivity index (χ0n) is 12.7. The molecular formula is C16H14N2O5S. The zero-order chi connectivity index (χ0) is 17.3. The van der Waals surface area contributed by atoms with Gasteiger partial charge in [-0.25, -0.2) is 8.42 Å². The van der Waals surface area contributed by atoms with Crippen molar-refractivity contribution in [1.82, 2.24) is 0 Å². The molecule has 7 nitrogen and oxygen atoms in total. The molecule has 3 rings (SSSR count). The van der Waals surface area contributed by atoms with Crippen LogP contribution in [0.25, 0.3) is 0 Å². The Morgan fingerprint density at radius 3 is 2.71 bits per heavy atom. The molecule has 2 aromatic rings. The summed E-state index contributed by atoms with van der Waals surface area (Å²) in [6, 6.07) is 10.5. The van der Waals surface area contributed by atoms with Crippen LogP contribution >= 0.6 is 0 Å². The van der Waals surface area contributed by atoms with Crippen molar-refractivity contribution in [3.8, 4) is 5.75 Å². The topological polar surface area (TPSA) is 102 Å². The molecule has 124 valence electrons. The maximum Gasteiger partial charge on any atom is 0.262 e. The maximum absolute atomic E-state index is 12.6. The normalized spacial score (nSPS) is 13.5. The van der Waals surface area contributed by atoms with Crippen molar-refractivity contribution in [3.05, 3.63) is 48.0 Å². The predicted molar refractivity (Wildman–Crippen MR) is 87.8 cm³/mol. The average Bonchev–Trinajstić information content (AvgIpc) is 2.55. The molecule has 0 aliphatic carbocycles. The fourth-order valence-corrected chi connectivity index (χ4v) is 3.39. The minimum Gasteiger partial charge on any atom is -0.481 e. The fourth-order valence-electron chi connectivity index (χ4n) is 2.27. The summed E-state index contributed by atoms with van der Waals surface area (Å²) in [5, 5.41) is 2.59. The Hall–Kier alpha value is -2.87. The van der Waals surface area contributed by atoms with Crippen LogP contribution in [0.2, 0.25) is 0 Å². The van der Waals surface area contributed by atoms with E-state index in [0.29, 0.717) is 11.3 Å². The second kappa shape index (κ2) is 5.97. The van der Waals surface area contributed by atoms with Crippen molar-refractivity contribution in [1.29, 1.82) is 0 Å². The number of nitrogens with one attached hydrogen (secondary N) is 2. The van der Waals surface area contributed by atoms with Gasteiger partial charge in [-0.1, -0.05) is 18.2 Å². The Morgan fingerprint density at radius 2 is 1.96 bits per heavy atom. The van der Waals surface area contributed by atoms with Crippen LogP contribution in [0.15, 0.2) is 47.4 Å². The molecule has 24 heavy (non-hydrogen) atoms. The molecule has 1 aliphatic rings. The van der Waals surface area contributed by atoms with Crippen LogP contribution in [-0.2, 0) is 14.8 Å². The minimum absolute atomic E-state index is 0.0455. The third kappa shape index (κ3) is 3.09. The average molecular weight is 346 g/mol. The molecule has 0 bridgehead atoms. The van der Waals surface area contributed by atoms with Gasteiger partial charge in [-0.3, -0.25) is 14.3 Å². The first-order valence-electron chi connectivity index (χ1n) is 7.06. The van der Waals surface area contributed by atoms with E-state index < -0.39 is 10.0 Å². The smallest absolute Gasteiger partial charge is 0.262 e. The molecule has 0 aromatic heterocycles. The molecule has 1 aliphatic heterocycles. The standard InChI is InChI=1S/C16H14N2O5S/c1-10(19)11-4-2-5-12(8-11)24(21,22)18-13-6-3-7-14-16(13)17-15(20)9-23-14/h2-8,18H,9H2,1H3,(H,17,20). The summed E-state index contributed by atoms with van der Waals surface area (Å²) in [6.45, 7) is 1.24. The van der Waals surface area contributed by atoms with E-state index in [1.807, 2.05) is 0 Å². The van der Waals surface area contributed by atoms with Crippen molar-refractivity contribution >= 4 is 33.1 Å². The number of hydrogen-bond donors (Lipinski definition) is 2. The number of sulfonamides is 1. The molecule has 0 saturated heterocycles. The lowest BCUT2D eigenvalue weighted by molar-refractivity contribution is -0.118. The Morgan fingerprint density at radius 1 is 1.21 bits per heavy atom. The first-order valence-corrected chi connectivity index (χ1v) is 8.54. The van der Waals surface area contributed by atoms with Crippen LogP contribution in [-0.4, -0.2) is 26.7 Å². The van der Waals surface area contributed by atoms with E-state index in [2.05, 4.69) is 10.0 Å². The van der Waals surface area contributed by atoms with Gasteiger partial charge in [-0.15, -0.1) is 0 Å². The van der Waals surface area contributed by atoms with Gasteiger partial charge in [-0.05, 0) is 31.2 Å². The van der Waals surface area contributed by atoms with E-state index in [0.717, 1.165) is 0 Å². The Kier molecular flexibility index (Phi) is 3.98. The number of carbonyl (C=O) groups is 2. The number of ether oxygens (including phenoxy) is 1. The fraction of sp³-hybridized carbons (Fsp3) is 0.125. The monoisotopic (exact) mass is 346 g/mol. The Bertz CT molecular complexity index is 937.